The van der Waals surface area contributed by atoms with E-state index in [1.807, 2.05) is 48.5 Å². The monoisotopic (exact) mass is 590 g/mol. The topological polar surface area (TPSA) is 124 Å². The van der Waals surface area contributed by atoms with Gasteiger partial charge in [-0.3, -0.25) is 14.4 Å². The molecule has 2 aliphatic heterocycles. The van der Waals surface area contributed by atoms with Crippen molar-refractivity contribution in [2.75, 3.05) is 27.3 Å². The molecule has 10 nitrogen and oxygen atoms in total. The molecule has 3 aliphatic rings. The maximum atomic E-state index is 13.7. The van der Waals surface area contributed by atoms with Gasteiger partial charge in [0, 0.05) is 36.9 Å². The number of ether oxygens (including phenoxy) is 3. The Morgan fingerprint density at radius 2 is 1.65 bits per heavy atom. The SMILES string of the molecule is COc1ccc(C2=NN(C3CCN(C(=O)[C@H](N)CCC(=O)OCc4ccccc4)CC3)C(=O)[C@@H]3CCCC[C@H]23)cc1OC. The van der Waals surface area contributed by atoms with Crippen LogP contribution in [-0.2, 0) is 25.7 Å². The van der Waals surface area contributed by atoms with Crippen LogP contribution < -0.4 is 15.2 Å². The first kappa shape index (κ1) is 30.5. The number of nitrogens with zero attached hydrogens (tertiary/aromatic N) is 3. The van der Waals surface area contributed by atoms with Gasteiger partial charge in [-0.15, -0.1) is 0 Å². The molecule has 2 N–H and O–H groups in total. The van der Waals surface area contributed by atoms with Gasteiger partial charge >= 0.3 is 5.97 Å². The highest BCUT2D eigenvalue weighted by atomic mass is 16.5. The van der Waals surface area contributed by atoms with Crippen LogP contribution in [0.3, 0.4) is 0 Å². The Hall–Kier alpha value is -3.92. The summed E-state index contributed by atoms with van der Waals surface area (Å²) in [6.07, 6.45) is 5.42. The van der Waals surface area contributed by atoms with Gasteiger partial charge in [0.25, 0.3) is 0 Å². The number of fused-ring (bicyclic) bond motifs is 1. The van der Waals surface area contributed by atoms with E-state index in [2.05, 4.69) is 0 Å². The van der Waals surface area contributed by atoms with Gasteiger partial charge < -0.3 is 24.8 Å². The molecule has 43 heavy (non-hydrogen) atoms. The summed E-state index contributed by atoms with van der Waals surface area (Å²) >= 11 is 0. The number of hydrogen-bond donors (Lipinski definition) is 1. The van der Waals surface area contributed by atoms with E-state index in [4.69, 9.17) is 25.0 Å². The first-order valence-corrected chi connectivity index (χ1v) is 15.3. The number of hydrazone groups is 1. The number of esters is 1. The van der Waals surface area contributed by atoms with Crippen LogP contribution in [-0.4, -0.2) is 72.8 Å². The molecule has 10 heteroatoms. The number of nitrogens with two attached hydrogens (primary N) is 1. The Kier molecular flexibility index (Phi) is 9.97. The Morgan fingerprint density at radius 1 is 0.953 bits per heavy atom. The molecule has 2 aromatic carbocycles. The molecular formula is C33H42N4O6. The number of piperidine rings is 1. The number of methoxy groups -OCH3 is 2. The van der Waals surface area contributed by atoms with Crippen LogP contribution in [0.15, 0.2) is 53.6 Å². The lowest BCUT2D eigenvalue weighted by molar-refractivity contribution is -0.145. The fraction of sp³-hybridized carbons (Fsp3) is 0.515. The highest BCUT2D eigenvalue weighted by Crippen LogP contribution is 2.40. The van der Waals surface area contributed by atoms with E-state index in [1.54, 1.807) is 24.1 Å². The predicted octanol–water partition coefficient (Wildman–Crippen LogP) is 3.90. The molecule has 1 aliphatic carbocycles. The summed E-state index contributed by atoms with van der Waals surface area (Å²) in [6, 6.07) is 14.4. The van der Waals surface area contributed by atoms with Crippen LogP contribution in [0, 0.1) is 11.8 Å². The molecule has 5 rings (SSSR count). The minimum Gasteiger partial charge on any atom is -0.493 e. The van der Waals surface area contributed by atoms with Crippen LogP contribution >= 0.6 is 0 Å². The molecule has 2 aromatic rings. The van der Waals surface area contributed by atoms with Gasteiger partial charge in [0.05, 0.1) is 32.0 Å². The van der Waals surface area contributed by atoms with Crippen molar-refractivity contribution < 1.29 is 28.6 Å². The van der Waals surface area contributed by atoms with Crippen LogP contribution in [0.5, 0.6) is 11.5 Å². The summed E-state index contributed by atoms with van der Waals surface area (Å²) in [5, 5.41) is 6.69. The summed E-state index contributed by atoms with van der Waals surface area (Å²) in [5.74, 6) is 0.795. The number of carbonyl (C=O) groups is 3. The van der Waals surface area contributed by atoms with Crippen molar-refractivity contribution in [1.29, 1.82) is 0 Å². The lowest BCUT2D eigenvalue weighted by atomic mass is 9.73. The van der Waals surface area contributed by atoms with E-state index in [-0.39, 0.29) is 55.1 Å². The van der Waals surface area contributed by atoms with E-state index < -0.39 is 6.04 Å². The van der Waals surface area contributed by atoms with Crippen molar-refractivity contribution in [3.05, 3.63) is 59.7 Å². The first-order chi connectivity index (χ1) is 20.9. The van der Waals surface area contributed by atoms with Gasteiger partial charge in [-0.1, -0.05) is 43.2 Å². The summed E-state index contributed by atoms with van der Waals surface area (Å²) < 4.78 is 16.3. The van der Waals surface area contributed by atoms with Crippen LogP contribution in [0.4, 0.5) is 0 Å². The third kappa shape index (κ3) is 7.01. The highest BCUT2D eigenvalue weighted by Gasteiger charge is 2.44. The molecule has 1 saturated carbocycles. The minimum absolute atomic E-state index is 0.0781. The highest BCUT2D eigenvalue weighted by molar-refractivity contribution is 6.07. The predicted molar refractivity (Wildman–Crippen MR) is 161 cm³/mol. The Bertz CT molecular complexity index is 1320. The smallest absolute Gasteiger partial charge is 0.306 e. The summed E-state index contributed by atoms with van der Waals surface area (Å²) in [5.41, 5.74) is 8.97. The lowest BCUT2D eigenvalue weighted by Gasteiger charge is -2.43. The Labute approximate surface area is 253 Å². The van der Waals surface area contributed by atoms with E-state index in [9.17, 15) is 14.4 Å². The van der Waals surface area contributed by atoms with E-state index >= 15 is 0 Å². The summed E-state index contributed by atoms with van der Waals surface area (Å²) in [6.45, 7) is 1.16. The van der Waals surface area contributed by atoms with Gasteiger partial charge in [0.2, 0.25) is 11.8 Å². The average molecular weight is 591 g/mol. The maximum absolute atomic E-state index is 13.7. The molecule has 1 saturated heterocycles. The number of rotatable bonds is 10. The minimum atomic E-state index is -0.782. The van der Waals surface area contributed by atoms with Crippen molar-refractivity contribution in [3.8, 4) is 11.5 Å². The fourth-order valence-corrected chi connectivity index (χ4v) is 6.46. The zero-order valence-corrected chi connectivity index (χ0v) is 25.1. The molecule has 0 spiro atoms. The Morgan fingerprint density at radius 3 is 2.35 bits per heavy atom. The molecule has 2 fully saturated rings. The number of hydrogen-bond acceptors (Lipinski definition) is 8. The van der Waals surface area contributed by atoms with E-state index in [0.29, 0.717) is 37.4 Å². The summed E-state index contributed by atoms with van der Waals surface area (Å²) in [7, 11) is 3.22. The molecule has 0 unspecified atom stereocenters. The van der Waals surface area contributed by atoms with Crippen molar-refractivity contribution in [3.63, 3.8) is 0 Å². The lowest BCUT2D eigenvalue weighted by Crippen LogP contribution is -2.54. The van der Waals surface area contributed by atoms with Gasteiger partial charge in [0.15, 0.2) is 11.5 Å². The number of likely N-dealkylation sites (tertiary alicyclic amines) is 1. The molecule has 2 amide bonds. The van der Waals surface area contributed by atoms with Crippen LogP contribution in [0.1, 0.15) is 62.5 Å². The second kappa shape index (κ2) is 14.0. The molecule has 0 radical (unpaired) electrons. The zero-order valence-electron chi connectivity index (χ0n) is 25.1. The second-order valence-corrected chi connectivity index (χ2v) is 11.6. The maximum Gasteiger partial charge on any atom is 0.306 e. The van der Waals surface area contributed by atoms with E-state index in [1.165, 1.54) is 0 Å². The summed E-state index contributed by atoms with van der Waals surface area (Å²) in [4.78, 5) is 40.7. The van der Waals surface area contributed by atoms with Gasteiger partial charge in [0.1, 0.15) is 6.61 Å². The third-order valence-electron chi connectivity index (χ3n) is 8.90. The van der Waals surface area contributed by atoms with E-state index in [0.717, 1.165) is 42.5 Å². The van der Waals surface area contributed by atoms with Crippen molar-refractivity contribution in [1.82, 2.24) is 9.91 Å². The van der Waals surface area contributed by atoms with Crippen LogP contribution in [0.25, 0.3) is 0 Å². The van der Waals surface area contributed by atoms with Crippen molar-refractivity contribution in [2.24, 2.45) is 22.7 Å². The first-order valence-electron chi connectivity index (χ1n) is 15.3. The average Bonchev–Trinajstić information content (AvgIpc) is 3.06. The number of benzene rings is 2. The second-order valence-electron chi connectivity index (χ2n) is 11.6. The molecule has 230 valence electrons. The normalized spacial score (nSPS) is 21.5. The van der Waals surface area contributed by atoms with Gasteiger partial charge in [-0.2, -0.15) is 5.10 Å². The fourth-order valence-electron chi connectivity index (χ4n) is 6.46. The van der Waals surface area contributed by atoms with Gasteiger partial charge in [-0.05, 0) is 55.9 Å². The van der Waals surface area contributed by atoms with Crippen molar-refractivity contribution >= 4 is 23.5 Å². The molecular weight excluding hydrogens is 548 g/mol. The number of carbonyl (C=O) groups excluding carboxylic acids is 3. The Balaban J connectivity index is 1.20. The molecule has 0 bridgehead atoms. The quantitative estimate of drug-likeness (QED) is 0.416. The van der Waals surface area contributed by atoms with Crippen LogP contribution in [0.2, 0.25) is 0 Å². The number of amides is 2. The molecule has 2 heterocycles. The van der Waals surface area contributed by atoms with Crippen molar-refractivity contribution in [2.45, 2.75) is 70.1 Å². The third-order valence-corrected chi connectivity index (χ3v) is 8.90. The molecule has 0 aromatic heterocycles. The van der Waals surface area contributed by atoms with Gasteiger partial charge in [-0.25, -0.2) is 5.01 Å². The molecule has 3 atom stereocenters. The largest absolute Gasteiger partial charge is 0.493 e. The zero-order chi connectivity index (χ0) is 30.3. The standard InChI is InChI=1S/C33H42N4O6/c1-41-28-14-12-23(20-29(28)42-2)31-25-10-6-7-11-26(25)32(39)37(35-31)24-16-18-36(19-17-24)33(40)27(34)13-15-30(38)43-21-22-8-4-3-5-9-22/h3-5,8-9,12,14,20,24-27H,6-7,10-11,13,15-19,21,34H2,1-2H3/t25-,26+,27+/m0/s1.